The summed E-state index contributed by atoms with van der Waals surface area (Å²) in [5.74, 6) is -0.134. The smallest absolute Gasteiger partial charge is 0.253 e. The van der Waals surface area contributed by atoms with Crippen LogP contribution in [0.3, 0.4) is 0 Å². The molecule has 0 bridgehead atoms. The summed E-state index contributed by atoms with van der Waals surface area (Å²) in [6.07, 6.45) is 3.62. The number of hydrogen-bond acceptors (Lipinski definition) is 3. The van der Waals surface area contributed by atoms with Gasteiger partial charge in [-0.3, -0.25) is 14.3 Å². The number of aryl methyl sites for hydroxylation is 1. The molecule has 1 aliphatic rings. The Bertz CT molecular complexity index is 1000. The molecule has 1 aromatic heterocycles. The SMILES string of the molecule is CN(Cc1cnn(C)c1)C(=O)c1ccc2c(c1)C(=O)c1ccccc1-2. The molecular formula is C20H17N3O2. The second-order valence-corrected chi connectivity index (χ2v) is 6.32. The van der Waals surface area contributed by atoms with Gasteiger partial charge in [0.05, 0.1) is 6.20 Å². The van der Waals surface area contributed by atoms with Crippen LogP contribution in [-0.4, -0.2) is 33.4 Å². The molecule has 0 N–H and O–H groups in total. The zero-order valence-electron chi connectivity index (χ0n) is 14.1. The Morgan fingerprint density at radius 3 is 2.52 bits per heavy atom. The molecule has 0 radical (unpaired) electrons. The molecule has 25 heavy (non-hydrogen) atoms. The third-order valence-electron chi connectivity index (χ3n) is 4.50. The molecule has 2 aromatic carbocycles. The van der Waals surface area contributed by atoms with Crippen molar-refractivity contribution in [2.45, 2.75) is 6.54 Å². The van der Waals surface area contributed by atoms with Crippen LogP contribution in [0.4, 0.5) is 0 Å². The number of fused-ring (bicyclic) bond motifs is 3. The Labute approximate surface area is 145 Å². The number of rotatable bonds is 3. The lowest BCUT2D eigenvalue weighted by Gasteiger charge is -2.16. The van der Waals surface area contributed by atoms with Crippen molar-refractivity contribution in [1.29, 1.82) is 0 Å². The molecule has 0 unspecified atom stereocenters. The summed E-state index contributed by atoms with van der Waals surface area (Å²) in [5, 5.41) is 4.12. The summed E-state index contributed by atoms with van der Waals surface area (Å²) in [7, 11) is 3.59. The number of nitrogens with zero attached hydrogens (tertiary/aromatic N) is 3. The molecule has 1 heterocycles. The molecule has 1 aliphatic carbocycles. The maximum atomic E-state index is 12.7. The molecule has 1 amide bonds. The second kappa shape index (κ2) is 5.70. The van der Waals surface area contributed by atoms with Gasteiger partial charge < -0.3 is 4.90 Å². The molecule has 0 spiro atoms. The van der Waals surface area contributed by atoms with E-state index in [-0.39, 0.29) is 11.7 Å². The van der Waals surface area contributed by atoms with E-state index in [0.717, 1.165) is 16.7 Å². The van der Waals surface area contributed by atoms with Gasteiger partial charge in [0.2, 0.25) is 0 Å². The molecule has 0 saturated carbocycles. The lowest BCUT2D eigenvalue weighted by molar-refractivity contribution is 0.0785. The van der Waals surface area contributed by atoms with Gasteiger partial charge in [0.25, 0.3) is 5.91 Å². The van der Waals surface area contributed by atoms with Gasteiger partial charge in [-0.25, -0.2) is 0 Å². The first kappa shape index (κ1) is 15.3. The summed E-state index contributed by atoms with van der Waals surface area (Å²) in [6, 6.07) is 12.9. The van der Waals surface area contributed by atoms with Gasteiger partial charge in [-0.05, 0) is 23.3 Å². The molecule has 0 atom stereocenters. The average Bonchev–Trinajstić information content (AvgIpc) is 3.16. The fraction of sp³-hybridized carbons (Fsp3) is 0.150. The average molecular weight is 331 g/mol. The van der Waals surface area contributed by atoms with Gasteiger partial charge in [-0.1, -0.05) is 30.3 Å². The van der Waals surface area contributed by atoms with E-state index in [1.807, 2.05) is 43.6 Å². The topological polar surface area (TPSA) is 55.2 Å². The van der Waals surface area contributed by atoms with E-state index in [1.165, 1.54) is 0 Å². The van der Waals surface area contributed by atoms with Gasteiger partial charge in [0.15, 0.2) is 5.78 Å². The number of benzene rings is 2. The Kier molecular flexibility index (Phi) is 3.50. The molecule has 0 aliphatic heterocycles. The van der Waals surface area contributed by atoms with Crippen molar-refractivity contribution >= 4 is 11.7 Å². The van der Waals surface area contributed by atoms with Crippen LogP contribution < -0.4 is 0 Å². The van der Waals surface area contributed by atoms with Gasteiger partial charge in [0.1, 0.15) is 0 Å². The Hall–Kier alpha value is -3.21. The first-order chi connectivity index (χ1) is 12.0. The van der Waals surface area contributed by atoms with Crippen molar-refractivity contribution in [1.82, 2.24) is 14.7 Å². The zero-order chi connectivity index (χ0) is 17.6. The summed E-state index contributed by atoms with van der Waals surface area (Å²) in [5.41, 5.74) is 4.61. The maximum absolute atomic E-state index is 12.7. The lowest BCUT2D eigenvalue weighted by Crippen LogP contribution is -2.26. The molecular weight excluding hydrogens is 314 g/mol. The fourth-order valence-electron chi connectivity index (χ4n) is 3.28. The van der Waals surface area contributed by atoms with E-state index in [0.29, 0.717) is 23.2 Å². The van der Waals surface area contributed by atoms with E-state index in [1.54, 1.807) is 35.0 Å². The summed E-state index contributed by atoms with van der Waals surface area (Å²) in [6.45, 7) is 0.470. The first-order valence-electron chi connectivity index (χ1n) is 8.06. The minimum Gasteiger partial charge on any atom is -0.337 e. The van der Waals surface area contributed by atoms with E-state index in [9.17, 15) is 9.59 Å². The van der Waals surface area contributed by atoms with E-state index < -0.39 is 0 Å². The van der Waals surface area contributed by atoms with Crippen LogP contribution in [0, 0.1) is 0 Å². The van der Waals surface area contributed by atoms with Gasteiger partial charge in [0, 0.05) is 49.1 Å². The standard InChI is InChI=1S/C20H17N3O2/c1-22(11-13-10-21-23(2)12-13)20(25)14-7-8-16-15-5-3-4-6-17(15)19(24)18(16)9-14/h3-10,12H,11H2,1-2H3. The third kappa shape index (κ3) is 2.54. The van der Waals surface area contributed by atoms with Crippen LogP contribution in [0.15, 0.2) is 54.9 Å². The van der Waals surface area contributed by atoms with E-state index >= 15 is 0 Å². The molecule has 124 valence electrons. The number of carbonyl (C=O) groups excluding carboxylic acids is 2. The number of carbonyl (C=O) groups is 2. The number of aromatic nitrogens is 2. The highest BCUT2D eigenvalue weighted by atomic mass is 16.2. The summed E-state index contributed by atoms with van der Waals surface area (Å²) >= 11 is 0. The van der Waals surface area contributed by atoms with Gasteiger partial charge in [-0.2, -0.15) is 5.10 Å². The molecule has 0 fully saturated rings. The van der Waals surface area contributed by atoms with Crippen LogP contribution in [0.2, 0.25) is 0 Å². The molecule has 5 heteroatoms. The number of hydrogen-bond donors (Lipinski definition) is 0. The van der Waals surface area contributed by atoms with Gasteiger partial charge >= 0.3 is 0 Å². The van der Waals surface area contributed by atoms with E-state index in [4.69, 9.17) is 0 Å². The second-order valence-electron chi connectivity index (χ2n) is 6.32. The molecule has 4 rings (SSSR count). The highest BCUT2D eigenvalue weighted by Crippen LogP contribution is 2.36. The van der Waals surface area contributed by atoms with Crippen LogP contribution in [-0.2, 0) is 13.6 Å². The monoisotopic (exact) mass is 331 g/mol. The highest BCUT2D eigenvalue weighted by Gasteiger charge is 2.27. The number of amides is 1. The Balaban J connectivity index is 1.62. The minimum absolute atomic E-state index is 0.0184. The minimum atomic E-state index is -0.115. The maximum Gasteiger partial charge on any atom is 0.253 e. The van der Waals surface area contributed by atoms with Crippen LogP contribution in [0.25, 0.3) is 11.1 Å². The number of ketones is 1. The van der Waals surface area contributed by atoms with Crippen LogP contribution >= 0.6 is 0 Å². The molecule has 5 nitrogen and oxygen atoms in total. The van der Waals surface area contributed by atoms with E-state index in [2.05, 4.69) is 5.10 Å². The van der Waals surface area contributed by atoms with Crippen molar-refractivity contribution in [3.05, 3.63) is 77.1 Å². The predicted molar refractivity (Wildman–Crippen MR) is 94.3 cm³/mol. The van der Waals surface area contributed by atoms with Crippen molar-refractivity contribution in [2.75, 3.05) is 7.05 Å². The van der Waals surface area contributed by atoms with Crippen molar-refractivity contribution in [2.24, 2.45) is 7.05 Å². The quantitative estimate of drug-likeness (QED) is 0.580. The van der Waals surface area contributed by atoms with Crippen LogP contribution in [0.1, 0.15) is 31.8 Å². The zero-order valence-corrected chi connectivity index (χ0v) is 14.1. The lowest BCUT2D eigenvalue weighted by atomic mass is 10.0. The van der Waals surface area contributed by atoms with Crippen molar-refractivity contribution in [3.8, 4) is 11.1 Å². The van der Waals surface area contributed by atoms with Crippen molar-refractivity contribution < 1.29 is 9.59 Å². The fourth-order valence-corrected chi connectivity index (χ4v) is 3.28. The first-order valence-corrected chi connectivity index (χ1v) is 8.06. The Morgan fingerprint density at radius 1 is 1.08 bits per heavy atom. The van der Waals surface area contributed by atoms with Crippen LogP contribution in [0.5, 0.6) is 0 Å². The molecule has 3 aromatic rings. The largest absolute Gasteiger partial charge is 0.337 e. The Morgan fingerprint density at radius 2 is 1.80 bits per heavy atom. The normalized spacial score (nSPS) is 12.0. The van der Waals surface area contributed by atoms with Gasteiger partial charge in [-0.15, -0.1) is 0 Å². The highest BCUT2D eigenvalue weighted by molar-refractivity contribution is 6.22. The predicted octanol–water partition coefficient (Wildman–Crippen LogP) is 2.90. The summed E-state index contributed by atoms with van der Waals surface area (Å²) in [4.78, 5) is 26.9. The molecule has 0 saturated heterocycles. The van der Waals surface area contributed by atoms with Crippen molar-refractivity contribution in [3.63, 3.8) is 0 Å². The third-order valence-corrected chi connectivity index (χ3v) is 4.50. The summed E-state index contributed by atoms with van der Waals surface area (Å²) < 4.78 is 1.71.